The predicted octanol–water partition coefficient (Wildman–Crippen LogP) is 0.189. The molecule has 1 fully saturated rings. The van der Waals surface area contributed by atoms with Gasteiger partial charge in [-0.05, 0) is 12.8 Å². The molecule has 0 spiro atoms. The summed E-state index contributed by atoms with van der Waals surface area (Å²) >= 11 is 0. The Morgan fingerprint density at radius 1 is 1.56 bits per heavy atom. The van der Waals surface area contributed by atoms with Gasteiger partial charge in [-0.2, -0.15) is 5.06 Å². The van der Waals surface area contributed by atoms with Gasteiger partial charge in [0.05, 0.1) is 0 Å². The molecule has 0 bridgehead atoms. The average Bonchev–Trinajstić information content (AvgIpc) is 1.89. The lowest BCUT2D eigenvalue weighted by atomic mass is 10.1. The summed E-state index contributed by atoms with van der Waals surface area (Å²) in [4.78, 5) is 0. The maximum atomic E-state index is 9.12. The summed E-state index contributed by atoms with van der Waals surface area (Å²) in [6, 6.07) is 0.221. The molecule has 1 atom stereocenters. The largest absolute Gasteiger partial charge is 0.329 e. The summed E-state index contributed by atoms with van der Waals surface area (Å²) in [6.45, 7) is 1.37. The number of nitrogens with two attached hydrogens (primary N) is 1. The second-order valence-electron chi connectivity index (χ2n) is 2.55. The Morgan fingerprint density at radius 3 is 2.78 bits per heavy atom. The molecule has 0 aromatic carbocycles. The van der Waals surface area contributed by atoms with Crippen LogP contribution in [-0.2, 0) is 0 Å². The Kier molecular flexibility index (Phi) is 2.45. The molecular weight excluding hydrogens is 116 g/mol. The van der Waals surface area contributed by atoms with Crippen molar-refractivity contribution in [1.82, 2.24) is 5.06 Å². The number of nitrogens with zero attached hydrogens (tertiary/aromatic N) is 1. The molecule has 54 valence electrons. The second-order valence-corrected chi connectivity index (χ2v) is 2.55. The highest BCUT2D eigenvalue weighted by Gasteiger charge is 2.18. The summed E-state index contributed by atoms with van der Waals surface area (Å²) in [7, 11) is 0. The van der Waals surface area contributed by atoms with E-state index in [4.69, 9.17) is 10.9 Å². The molecule has 1 aliphatic heterocycles. The SMILES string of the molecule is NCC1CCCCN1O. The lowest BCUT2D eigenvalue weighted by Gasteiger charge is -2.28. The van der Waals surface area contributed by atoms with Crippen molar-refractivity contribution in [2.24, 2.45) is 5.73 Å². The van der Waals surface area contributed by atoms with Gasteiger partial charge in [0, 0.05) is 19.1 Å². The van der Waals surface area contributed by atoms with Crippen molar-refractivity contribution in [2.75, 3.05) is 13.1 Å². The first-order chi connectivity index (χ1) is 4.34. The maximum absolute atomic E-state index is 9.12. The Bertz CT molecular complexity index is 87.1. The Balaban J connectivity index is 2.30. The molecule has 3 heteroatoms. The summed E-state index contributed by atoms with van der Waals surface area (Å²) in [5, 5.41) is 10.5. The van der Waals surface area contributed by atoms with Gasteiger partial charge in [-0.15, -0.1) is 0 Å². The van der Waals surface area contributed by atoms with E-state index in [1.54, 1.807) is 0 Å². The zero-order valence-corrected chi connectivity index (χ0v) is 5.58. The zero-order chi connectivity index (χ0) is 6.69. The molecule has 0 radical (unpaired) electrons. The number of hydrogen-bond donors (Lipinski definition) is 2. The van der Waals surface area contributed by atoms with E-state index in [2.05, 4.69) is 0 Å². The van der Waals surface area contributed by atoms with Gasteiger partial charge in [0.25, 0.3) is 0 Å². The summed E-state index contributed by atoms with van der Waals surface area (Å²) in [5.41, 5.74) is 5.39. The maximum Gasteiger partial charge on any atom is 0.0472 e. The minimum atomic E-state index is 0.221. The highest BCUT2D eigenvalue weighted by Crippen LogP contribution is 2.12. The fraction of sp³-hybridized carbons (Fsp3) is 1.00. The molecule has 1 aliphatic rings. The monoisotopic (exact) mass is 130 g/mol. The van der Waals surface area contributed by atoms with Crippen molar-refractivity contribution < 1.29 is 5.21 Å². The third-order valence-electron chi connectivity index (χ3n) is 1.87. The Morgan fingerprint density at radius 2 is 2.33 bits per heavy atom. The number of rotatable bonds is 1. The average molecular weight is 130 g/mol. The summed E-state index contributed by atoms with van der Waals surface area (Å²) < 4.78 is 0. The minimum Gasteiger partial charge on any atom is -0.329 e. The van der Waals surface area contributed by atoms with Crippen LogP contribution < -0.4 is 5.73 Å². The van der Waals surface area contributed by atoms with Gasteiger partial charge in [0.15, 0.2) is 0 Å². The van der Waals surface area contributed by atoms with E-state index in [1.807, 2.05) is 0 Å². The number of hydroxylamine groups is 2. The fourth-order valence-electron chi connectivity index (χ4n) is 1.22. The molecular formula is C6H14N2O. The Labute approximate surface area is 55.4 Å². The first kappa shape index (κ1) is 6.99. The lowest BCUT2D eigenvalue weighted by molar-refractivity contribution is -0.138. The third kappa shape index (κ3) is 1.64. The second kappa shape index (κ2) is 3.15. The van der Waals surface area contributed by atoms with Crippen molar-refractivity contribution in [1.29, 1.82) is 0 Å². The minimum absolute atomic E-state index is 0.221. The molecule has 0 amide bonds. The zero-order valence-electron chi connectivity index (χ0n) is 5.58. The fourth-order valence-corrected chi connectivity index (χ4v) is 1.22. The van der Waals surface area contributed by atoms with Crippen LogP contribution in [0.15, 0.2) is 0 Å². The normalized spacial score (nSPS) is 30.7. The quantitative estimate of drug-likeness (QED) is 0.532. The molecule has 3 nitrogen and oxygen atoms in total. The van der Waals surface area contributed by atoms with E-state index in [-0.39, 0.29) is 6.04 Å². The standard InChI is InChI=1S/C6H14N2O/c7-5-6-3-1-2-4-8(6)9/h6,9H,1-5,7H2. The van der Waals surface area contributed by atoms with E-state index < -0.39 is 0 Å². The van der Waals surface area contributed by atoms with Crippen LogP contribution >= 0.6 is 0 Å². The molecule has 0 saturated carbocycles. The van der Waals surface area contributed by atoms with Crippen molar-refractivity contribution in [3.05, 3.63) is 0 Å². The molecule has 0 aromatic heterocycles. The van der Waals surface area contributed by atoms with Crippen LogP contribution in [0.5, 0.6) is 0 Å². The molecule has 1 rings (SSSR count). The predicted molar refractivity (Wildman–Crippen MR) is 35.2 cm³/mol. The van der Waals surface area contributed by atoms with E-state index >= 15 is 0 Å². The van der Waals surface area contributed by atoms with E-state index in [1.165, 1.54) is 11.5 Å². The number of piperidine rings is 1. The molecule has 0 aliphatic carbocycles. The van der Waals surface area contributed by atoms with Crippen LogP contribution in [0.4, 0.5) is 0 Å². The smallest absolute Gasteiger partial charge is 0.0472 e. The van der Waals surface area contributed by atoms with E-state index in [9.17, 15) is 0 Å². The first-order valence-corrected chi connectivity index (χ1v) is 3.50. The molecule has 0 aromatic rings. The highest BCUT2D eigenvalue weighted by molar-refractivity contribution is 4.70. The van der Waals surface area contributed by atoms with Gasteiger partial charge in [-0.3, -0.25) is 0 Å². The Hall–Kier alpha value is -0.120. The van der Waals surface area contributed by atoms with Crippen LogP contribution in [0, 0.1) is 0 Å². The van der Waals surface area contributed by atoms with E-state index in [0.29, 0.717) is 6.54 Å². The molecule has 1 heterocycles. The molecule has 9 heavy (non-hydrogen) atoms. The molecule has 1 saturated heterocycles. The lowest BCUT2D eigenvalue weighted by Crippen LogP contribution is -2.41. The van der Waals surface area contributed by atoms with Gasteiger partial charge >= 0.3 is 0 Å². The van der Waals surface area contributed by atoms with Gasteiger partial charge < -0.3 is 10.9 Å². The van der Waals surface area contributed by atoms with E-state index in [0.717, 1.165) is 19.4 Å². The van der Waals surface area contributed by atoms with Crippen LogP contribution in [0.2, 0.25) is 0 Å². The van der Waals surface area contributed by atoms with Crippen molar-refractivity contribution in [3.63, 3.8) is 0 Å². The topological polar surface area (TPSA) is 49.5 Å². The van der Waals surface area contributed by atoms with Gasteiger partial charge in [-0.1, -0.05) is 6.42 Å². The van der Waals surface area contributed by atoms with Crippen LogP contribution in [-0.4, -0.2) is 29.4 Å². The highest BCUT2D eigenvalue weighted by atomic mass is 16.5. The first-order valence-electron chi connectivity index (χ1n) is 3.50. The summed E-state index contributed by atoms with van der Waals surface area (Å²) in [5.74, 6) is 0. The van der Waals surface area contributed by atoms with Crippen LogP contribution in [0.1, 0.15) is 19.3 Å². The van der Waals surface area contributed by atoms with Crippen LogP contribution in [0.25, 0.3) is 0 Å². The van der Waals surface area contributed by atoms with Gasteiger partial charge in [0.2, 0.25) is 0 Å². The van der Waals surface area contributed by atoms with Crippen LogP contribution in [0.3, 0.4) is 0 Å². The molecule has 1 unspecified atom stereocenters. The van der Waals surface area contributed by atoms with Crippen molar-refractivity contribution >= 4 is 0 Å². The number of hydrogen-bond acceptors (Lipinski definition) is 3. The van der Waals surface area contributed by atoms with Gasteiger partial charge in [0.1, 0.15) is 0 Å². The van der Waals surface area contributed by atoms with Gasteiger partial charge in [-0.25, -0.2) is 0 Å². The molecule has 3 N–H and O–H groups in total. The summed E-state index contributed by atoms with van der Waals surface area (Å²) in [6.07, 6.45) is 3.36. The van der Waals surface area contributed by atoms with Crippen molar-refractivity contribution in [3.8, 4) is 0 Å². The van der Waals surface area contributed by atoms with Crippen molar-refractivity contribution in [2.45, 2.75) is 25.3 Å². The third-order valence-corrected chi connectivity index (χ3v) is 1.87.